The molecule has 0 heterocycles. The maximum Gasteiger partial charge on any atom is 0.0393 e. The van der Waals surface area contributed by atoms with Crippen LogP contribution in [0.4, 0.5) is 0 Å². The first-order valence-electron chi connectivity index (χ1n) is 4.76. The molecule has 62 valence electrons. The second kappa shape index (κ2) is 5.96. The maximum atomic E-state index is 2.44. The lowest BCUT2D eigenvalue weighted by Gasteiger charge is -2.18. The van der Waals surface area contributed by atoms with Gasteiger partial charge in [0, 0.05) is 8.80 Å². The molecule has 0 radical (unpaired) electrons. The van der Waals surface area contributed by atoms with Gasteiger partial charge in [0.05, 0.1) is 0 Å². The summed E-state index contributed by atoms with van der Waals surface area (Å²) in [6, 6.07) is 3.06. The average molecular weight is 158 g/mol. The summed E-state index contributed by atoms with van der Waals surface area (Å²) in [6.45, 7) is 9.46. The van der Waals surface area contributed by atoms with Crippen molar-refractivity contribution >= 4 is 8.80 Å². The first-order chi connectivity index (χ1) is 4.76. The fourth-order valence-corrected chi connectivity index (χ4v) is 4.79. The Balaban J connectivity index is 3.56. The van der Waals surface area contributed by atoms with Gasteiger partial charge in [-0.1, -0.05) is 58.2 Å². The molecule has 0 aliphatic rings. The van der Waals surface area contributed by atoms with Crippen LogP contribution in [0.15, 0.2) is 0 Å². The van der Waals surface area contributed by atoms with E-state index in [1.807, 2.05) is 0 Å². The van der Waals surface area contributed by atoms with Gasteiger partial charge in [-0.15, -0.1) is 0 Å². The van der Waals surface area contributed by atoms with E-state index >= 15 is 0 Å². The maximum absolute atomic E-state index is 2.44. The van der Waals surface area contributed by atoms with Crippen LogP contribution in [0.2, 0.25) is 17.6 Å². The number of hydrogen-bond donors (Lipinski definition) is 0. The summed E-state index contributed by atoms with van der Waals surface area (Å²) in [6.07, 6.45) is 2.82. The standard InChI is InChI=1S/C9H22Si/c1-5-8-10(7-3)9(4)6-2/h9-10H,5-8H2,1-4H3. The molecule has 0 aromatic heterocycles. The van der Waals surface area contributed by atoms with Crippen LogP contribution in [0, 0.1) is 0 Å². The molecular weight excluding hydrogens is 136 g/mol. The lowest BCUT2D eigenvalue weighted by molar-refractivity contribution is 0.834. The van der Waals surface area contributed by atoms with Gasteiger partial charge in [0.15, 0.2) is 0 Å². The second-order valence-corrected chi connectivity index (χ2v) is 7.39. The van der Waals surface area contributed by atoms with Gasteiger partial charge in [-0.2, -0.15) is 0 Å². The van der Waals surface area contributed by atoms with Crippen molar-refractivity contribution < 1.29 is 0 Å². The molecule has 0 aliphatic heterocycles. The summed E-state index contributed by atoms with van der Waals surface area (Å²) in [5.41, 5.74) is 1.07. The van der Waals surface area contributed by atoms with Crippen molar-refractivity contribution in [2.75, 3.05) is 0 Å². The zero-order valence-electron chi connectivity index (χ0n) is 7.98. The molecule has 0 saturated heterocycles. The zero-order chi connectivity index (χ0) is 7.98. The molecule has 10 heavy (non-hydrogen) atoms. The van der Waals surface area contributed by atoms with Crippen LogP contribution in [-0.2, 0) is 0 Å². The van der Waals surface area contributed by atoms with Crippen LogP contribution in [0.1, 0.15) is 40.5 Å². The van der Waals surface area contributed by atoms with Crippen LogP contribution >= 0.6 is 0 Å². The highest BCUT2D eigenvalue weighted by molar-refractivity contribution is 6.60. The van der Waals surface area contributed by atoms with Crippen LogP contribution in [0.5, 0.6) is 0 Å². The van der Waals surface area contributed by atoms with Gasteiger partial charge in [0.1, 0.15) is 0 Å². The molecule has 0 saturated carbocycles. The molecule has 0 fully saturated rings. The Morgan fingerprint density at radius 2 is 1.80 bits per heavy atom. The third-order valence-corrected chi connectivity index (χ3v) is 7.08. The van der Waals surface area contributed by atoms with Gasteiger partial charge in [-0.05, 0) is 0 Å². The molecule has 0 spiro atoms. The van der Waals surface area contributed by atoms with Crippen LogP contribution in [-0.4, -0.2) is 8.80 Å². The minimum atomic E-state index is -0.307. The Hall–Kier alpha value is 0.217. The zero-order valence-corrected chi connectivity index (χ0v) is 9.14. The van der Waals surface area contributed by atoms with Gasteiger partial charge in [0.2, 0.25) is 0 Å². The Kier molecular flexibility index (Phi) is 6.09. The Morgan fingerprint density at radius 1 is 1.20 bits per heavy atom. The summed E-state index contributed by atoms with van der Waals surface area (Å²) in [4.78, 5) is 0. The van der Waals surface area contributed by atoms with Crippen molar-refractivity contribution in [3.8, 4) is 0 Å². The molecule has 0 aromatic rings. The third kappa shape index (κ3) is 3.40. The second-order valence-electron chi connectivity index (χ2n) is 3.34. The van der Waals surface area contributed by atoms with E-state index < -0.39 is 0 Å². The van der Waals surface area contributed by atoms with Crippen molar-refractivity contribution in [3.05, 3.63) is 0 Å². The largest absolute Gasteiger partial charge is 0.0680 e. The van der Waals surface area contributed by atoms with E-state index in [9.17, 15) is 0 Å². The molecule has 0 aromatic carbocycles. The van der Waals surface area contributed by atoms with Crippen molar-refractivity contribution in [3.63, 3.8) is 0 Å². The van der Waals surface area contributed by atoms with Crippen LogP contribution < -0.4 is 0 Å². The Labute approximate surface area is 67.6 Å². The normalized spacial score (nSPS) is 16.8. The summed E-state index contributed by atoms with van der Waals surface area (Å²) >= 11 is 0. The van der Waals surface area contributed by atoms with E-state index in [1.165, 1.54) is 18.9 Å². The third-order valence-electron chi connectivity index (χ3n) is 2.63. The number of hydrogen-bond acceptors (Lipinski definition) is 0. The van der Waals surface area contributed by atoms with E-state index in [1.54, 1.807) is 6.04 Å². The Bertz CT molecular complexity index is 71.1. The van der Waals surface area contributed by atoms with Crippen molar-refractivity contribution in [2.24, 2.45) is 0 Å². The molecular formula is C9H22Si. The highest BCUT2D eigenvalue weighted by Crippen LogP contribution is 2.20. The lowest BCUT2D eigenvalue weighted by Crippen LogP contribution is -2.16. The fraction of sp³-hybridized carbons (Fsp3) is 1.00. The van der Waals surface area contributed by atoms with Crippen molar-refractivity contribution in [1.29, 1.82) is 0 Å². The summed E-state index contributed by atoms with van der Waals surface area (Å²) in [5, 5.41) is 0. The van der Waals surface area contributed by atoms with Crippen LogP contribution in [0.3, 0.4) is 0 Å². The van der Waals surface area contributed by atoms with E-state index in [4.69, 9.17) is 0 Å². The topological polar surface area (TPSA) is 0 Å². The molecule has 0 bridgehead atoms. The number of rotatable bonds is 5. The van der Waals surface area contributed by atoms with Crippen molar-refractivity contribution in [2.45, 2.75) is 58.2 Å². The van der Waals surface area contributed by atoms with E-state index in [0.717, 1.165) is 5.54 Å². The Morgan fingerprint density at radius 3 is 2.10 bits per heavy atom. The van der Waals surface area contributed by atoms with Crippen molar-refractivity contribution in [1.82, 2.24) is 0 Å². The van der Waals surface area contributed by atoms with Gasteiger partial charge >= 0.3 is 0 Å². The van der Waals surface area contributed by atoms with Gasteiger partial charge in [0.25, 0.3) is 0 Å². The molecule has 0 amide bonds. The first-order valence-corrected chi connectivity index (χ1v) is 7.06. The van der Waals surface area contributed by atoms with Gasteiger partial charge in [-0.25, -0.2) is 0 Å². The molecule has 1 heteroatoms. The van der Waals surface area contributed by atoms with Gasteiger partial charge < -0.3 is 0 Å². The highest BCUT2D eigenvalue weighted by Gasteiger charge is 2.13. The summed E-state index contributed by atoms with van der Waals surface area (Å²) < 4.78 is 0. The fourth-order valence-electron chi connectivity index (χ4n) is 1.60. The molecule has 0 nitrogen and oxygen atoms in total. The lowest BCUT2D eigenvalue weighted by atomic mass is 10.4. The first kappa shape index (κ1) is 10.2. The van der Waals surface area contributed by atoms with E-state index in [2.05, 4.69) is 27.7 Å². The monoisotopic (exact) mass is 158 g/mol. The minimum Gasteiger partial charge on any atom is -0.0680 e. The predicted octanol–water partition coefficient (Wildman–Crippen LogP) is 3.44. The smallest absolute Gasteiger partial charge is 0.0393 e. The van der Waals surface area contributed by atoms with E-state index in [-0.39, 0.29) is 8.80 Å². The molecule has 2 unspecified atom stereocenters. The predicted molar refractivity (Wildman–Crippen MR) is 52.4 cm³/mol. The average Bonchev–Trinajstić information content (AvgIpc) is 1.99. The molecule has 0 aliphatic carbocycles. The molecule has 2 atom stereocenters. The van der Waals surface area contributed by atoms with E-state index in [0.29, 0.717) is 0 Å². The molecule has 0 N–H and O–H groups in total. The molecule has 0 rings (SSSR count). The van der Waals surface area contributed by atoms with Gasteiger partial charge in [-0.3, -0.25) is 0 Å². The highest BCUT2D eigenvalue weighted by atomic mass is 28.3. The summed E-state index contributed by atoms with van der Waals surface area (Å²) in [5.74, 6) is 0. The quantitative estimate of drug-likeness (QED) is 0.538. The van der Waals surface area contributed by atoms with Crippen LogP contribution in [0.25, 0.3) is 0 Å². The SMILES string of the molecule is CCC[SiH](CC)C(C)CC. The minimum absolute atomic E-state index is 0.307. The summed E-state index contributed by atoms with van der Waals surface area (Å²) in [7, 11) is -0.307.